The molecule has 43 heavy (non-hydrogen) atoms. The average molecular weight is 621 g/mol. The Morgan fingerprint density at radius 2 is 1.88 bits per heavy atom. The number of rotatable bonds is 4. The van der Waals surface area contributed by atoms with Crippen molar-refractivity contribution in [3.63, 3.8) is 0 Å². The van der Waals surface area contributed by atoms with Crippen LogP contribution >= 0.6 is 0 Å². The van der Waals surface area contributed by atoms with E-state index < -0.39 is 56.7 Å². The second-order valence-corrected chi connectivity index (χ2v) is 14.2. The number of ether oxygens (including phenoxy) is 2. The number of nitrogens with one attached hydrogen (secondary N) is 2. The molecule has 12 nitrogen and oxygen atoms in total. The Kier molecular flexibility index (Phi) is 8.09. The summed E-state index contributed by atoms with van der Waals surface area (Å²) in [6, 6.07) is 3.66. The highest BCUT2D eigenvalue weighted by molar-refractivity contribution is 7.91. The predicted octanol–water partition coefficient (Wildman–Crippen LogP) is 1.71. The monoisotopic (exact) mass is 620 g/mol. The zero-order valence-corrected chi connectivity index (χ0v) is 24.7. The molecule has 0 aromatic heterocycles. The molecule has 2 aliphatic carbocycles. The maximum atomic E-state index is 14.2. The third-order valence-corrected chi connectivity index (χ3v) is 11.0. The number of hydrogen-bond donors (Lipinski definition) is 2. The Morgan fingerprint density at radius 1 is 1.09 bits per heavy atom. The van der Waals surface area contributed by atoms with Crippen LogP contribution in [0, 0.1) is 11.7 Å². The van der Waals surface area contributed by atoms with Gasteiger partial charge in [0.05, 0.1) is 18.3 Å². The molecule has 14 heteroatoms. The summed E-state index contributed by atoms with van der Waals surface area (Å²) in [6.45, 7) is 1.18. The van der Waals surface area contributed by atoms with E-state index in [1.807, 2.05) is 0 Å². The molecule has 4 atom stereocenters. The van der Waals surface area contributed by atoms with Gasteiger partial charge in [0, 0.05) is 38.2 Å². The molecule has 2 saturated heterocycles. The summed E-state index contributed by atoms with van der Waals surface area (Å²) >= 11 is 0. The van der Waals surface area contributed by atoms with Gasteiger partial charge in [0.2, 0.25) is 21.8 Å². The van der Waals surface area contributed by atoms with E-state index in [1.165, 1.54) is 15.9 Å². The molecule has 2 saturated carbocycles. The van der Waals surface area contributed by atoms with E-state index in [4.69, 9.17) is 9.47 Å². The van der Waals surface area contributed by atoms with Crippen LogP contribution in [0.3, 0.4) is 0 Å². The first kappa shape index (κ1) is 29.8. The minimum absolute atomic E-state index is 0.00695. The Balaban J connectivity index is 1.17. The lowest BCUT2D eigenvalue weighted by Gasteiger charge is -2.26. The summed E-state index contributed by atoms with van der Waals surface area (Å²) in [5.74, 6) is -2.31. The molecule has 0 radical (unpaired) electrons. The van der Waals surface area contributed by atoms with Crippen molar-refractivity contribution in [1.82, 2.24) is 19.8 Å². The van der Waals surface area contributed by atoms with Crippen molar-refractivity contribution in [3.8, 4) is 0 Å². The van der Waals surface area contributed by atoms with Crippen LogP contribution in [-0.2, 0) is 47.0 Å². The number of nitrogens with zero attached hydrogens (tertiary/aromatic N) is 2. The minimum atomic E-state index is -3.84. The van der Waals surface area contributed by atoms with Crippen LogP contribution in [0.25, 0.3) is 0 Å². The number of amides is 4. The second kappa shape index (κ2) is 11.7. The van der Waals surface area contributed by atoms with E-state index in [9.17, 15) is 32.0 Å². The number of sulfonamides is 1. The molecule has 0 bridgehead atoms. The van der Waals surface area contributed by atoms with Gasteiger partial charge in [-0.1, -0.05) is 12.1 Å². The lowest BCUT2D eigenvalue weighted by molar-refractivity contribution is -0.140. The van der Waals surface area contributed by atoms with E-state index in [0.717, 1.165) is 0 Å². The molecule has 4 amide bonds. The number of hydrogen-bond acceptors (Lipinski definition) is 8. The van der Waals surface area contributed by atoms with Gasteiger partial charge in [-0.3, -0.25) is 24.0 Å². The van der Waals surface area contributed by atoms with E-state index in [2.05, 4.69) is 10.0 Å². The first-order chi connectivity index (χ1) is 20.6. The Morgan fingerprint density at radius 3 is 2.65 bits per heavy atom. The summed E-state index contributed by atoms with van der Waals surface area (Å²) in [6.07, 6.45) is 2.39. The molecule has 0 unspecified atom stereocenters. The predicted molar refractivity (Wildman–Crippen MR) is 149 cm³/mol. The number of fused-ring (bicyclic) bond motifs is 3. The van der Waals surface area contributed by atoms with Crippen molar-refractivity contribution < 1.29 is 41.5 Å². The summed E-state index contributed by atoms with van der Waals surface area (Å²) in [5.41, 5.74) is -0.280. The van der Waals surface area contributed by atoms with Gasteiger partial charge in [-0.25, -0.2) is 17.6 Å². The Hall–Kier alpha value is -3.26. The smallest absolute Gasteiger partial charge is 0.410 e. The van der Waals surface area contributed by atoms with Gasteiger partial charge < -0.3 is 19.7 Å². The van der Waals surface area contributed by atoms with E-state index >= 15 is 0 Å². The quantitative estimate of drug-likeness (QED) is 0.517. The van der Waals surface area contributed by atoms with Crippen molar-refractivity contribution in [3.05, 3.63) is 35.1 Å². The average Bonchev–Trinajstić information content (AvgIpc) is 3.84. The number of carbonyl (C=O) groups is 4. The molecule has 234 valence electrons. The van der Waals surface area contributed by atoms with Gasteiger partial charge in [0.1, 0.15) is 23.5 Å². The standard InChI is InChI=1S/C29H37FN4O8S/c30-23-7-3-5-18-15-33(17-22(18)23)28(38)42-20-13-24-26(36)31-29(27(37)32-43(39,40)21-9-10-21)14-19(29)6-4-12-41-11-2-1-8-25(35)34(24)16-20/h3,5,7,19-21,24H,1-2,4,6,8-17H2,(H,31,36)(H,32,37)/t19-,20-,24+,29-/m1/s1. The Bertz CT molecular complexity index is 1420. The maximum Gasteiger partial charge on any atom is 0.410 e. The van der Waals surface area contributed by atoms with Crippen LogP contribution in [-0.4, -0.2) is 84.7 Å². The first-order valence-corrected chi connectivity index (χ1v) is 16.6. The van der Waals surface area contributed by atoms with Gasteiger partial charge in [-0.05, 0) is 62.5 Å². The number of halogens is 1. The van der Waals surface area contributed by atoms with Gasteiger partial charge >= 0.3 is 6.09 Å². The van der Waals surface area contributed by atoms with Crippen LogP contribution < -0.4 is 10.0 Å². The largest absolute Gasteiger partial charge is 0.444 e. The molecule has 5 aliphatic rings. The summed E-state index contributed by atoms with van der Waals surface area (Å²) < 4.78 is 52.9. The zero-order valence-electron chi connectivity index (χ0n) is 23.9. The molecular weight excluding hydrogens is 583 g/mol. The molecule has 6 rings (SSSR count). The van der Waals surface area contributed by atoms with Crippen LogP contribution in [0.2, 0.25) is 0 Å². The molecule has 4 fully saturated rings. The molecule has 3 aliphatic heterocycles. The van der Waals surface area contributed by atoms with Gasteiger partial charge in [-0.15, -0.1) is 0 Å². The van der Waals surface area contributed by atoms with Gasteiger partial charge in [0.25, 0.3) is 5.91 Å². The maximum absolute atomic E-state index is 14.2. The SMILES string of the molecule is O=C1N[C@]2(C(=O)NS(=O)(=O)C3CC3)C[C@H]2CCCOCCCCC(=O)N2C[C@H](OC(=O)N3Cc4cccc(F)c4C3)C[C@@H]12. The number of benzene rings is 1. The van der Waals surface area contributed by atoms with E-state index in [0.29, 0.717) is 62.9 Å². The van der Waals surface area contributed by atoms with Crippen LogP contribution in [0.15, 0.2) is 18.2 Å². The second-order valence-electron chi connectivity index (χ2n) is 12.3. The fraction of sp³-hybridized carbons (Fsp3) is 0.655. The normalized spacial score (nSPS) is 29.8. The van der Waals surface area contributed by atoms with Crippen LogP contribution in [0.1, 0.15) is 68.9 Å². The highest BCUT2D eigenvalue weighted by Crippen LogP contribution is 2.47. The molecule has 3 heterocycles. The zero-order chi connectivity index (χ0) is 30.4. The first-order valence-electron chi connectivity index (χ1n) is 15.0. The Labute approximate surface area is 249 Å². The van der Waals surface area contributed by atoms with Crippen LogP contribution in [0.4, 0.5) is 9.18 Å². The van der Waals surface area contributed by atoms with Crippen molar-refractivity contribution >= 4 is 33.8 Å². The van der Waals surface area contributed by atoms with Crippen molar-refractivity contribution in [2.24, 2.45) is 5.92 Å². The highest BCUT2D eigenvalue weighted by Gasteiger charge is 2.62. The minimum Gasteiger partial charge on any atom is -0.444 e. The number of carbonyl (C=O) groups excluding carboxylic acids is 4. The summed E-state index contributed by atoms with van der Waals surface area (Å²) in [4.78, 5) is 56.2. The lowest BCUT2D eigenvalue weighted by atomic mass is 10.1. The van der Waals surface area contributed by atoms with Gasteiger partial charge in [0.15, 0.2) is 0 Å². The van der Waals surface area contributed by atoms with E-state index in [-0.39, 0.29) is 50.7 Å². The van der Waals surface area contributed by atoms with Crippen molar-refractivity contribution in [1.29, 1.82) is 0 Å². The molecular formula is C29H37FN4O8S. The topological polar surface area (TPSA) is 151 Å². The fourth-order valence-electron chi connectivity index (χ4n) is 6.44. The van der Waals surface area contributed by atoms with Crippen molar-refractivity contribution in [2.45, 2.75) is 93.8 Å². The summed E-state index contributed by atoms with van der Waals surface area (Å²) in [7, 11) is -3.84. The highest BCUT2D eigenvalue weighted by atomic mass is 32.2. The fourth-order valence-corrected chi connectivity index (χ4v) is 7.81. The third kappa shape index (κ3) is 6.21. The van der Waals surface area contributed by atoms with Gasteiger partial charge in [-0.2, -0.15) is 0 Å². The molecule has 1 aromatic carbocycles. The van der Waals surface area contributed by atoms with E-state index in [1.54, 1.807) is 12.1 Å². The summed E-state index contributed by atoms with van der Waals surface area (Å²) in [5, 5.41) is 2.21. The molecule has 0 spiro atoms. The van der Waals surface area contributed by atoms with Crippen molar-refractivity contribution in [2.75, 3.05) is 19.8 Å². The van der Waals surface area contributed by atoms with Crippen LogP contribution in [0.5, 0.6) is 0 Å². The lowest BCUT2D eigenvalue weighted by Crippen LogP contribution is -2.56. The molecule has 2 N–H and O–H groups in total. The third-order valence-electron chi connectivity index (χ3n) is 9.16. The molecule has 1 aromatic rings.